The number of fused-ring (bicyclic) bond motifs is 1. The van der Waals surface area contributed by atoms with E-state index in [0.717, 1.165) is 0 Å². The van der Waals surface area contributed by atoms with Gasteiger partial charge in [0.1, 0.15) is 11.7 Å². The minimum Gasteiger partial charge on any atom is -0.480 e. The van der Waals surface area contributed by atoms with Crippen molar-refractivity contribution in [1.82, 2.24) is 0 Å². The number of carbonyl (C=O) groups is 2. The van der Waals surface area contributed by atoms with Crippen molar-refractivity contribution in [3.63, 3.8) is 0 Å². The molecular formula is C20H20O9S. The number of aromatic hydroxyl groups is 1. The molecule has 0 radical (unpaired) electrons. The van der Waals surface area contributed by atoms with Gasteiger partial charge in [-0.25, -0.2) is 0 Å². The maximum Gasteiger partial charge on any atom is 0.323 e. The van der Waals surface area contributed by atoms with Crippen LogP contribution in [0.15, 0.2) is 21.4 Å². The van der Waals surface area contributed by atoms with Gasteiger partial charge < -0.3 is 19.0 Å². The van der Waals surface area contributed by atoms with E-state index in [1.807, 2.05) is 0 Å². The lowest BCUT2D eigenvalue weighted by atomic mass is 9.89. The summed E-state index contributed by atoms with van der Waals surface area (Å²) in [5.41, 5.74) is 0.878. The molecule has 0 saturated heterocycles. The summed E-state index contributed by atoms with van der Waals surface area (Å²) in [6.45, 7) is 7.13. The lowest BCUT2D eigenvalue weighted by molar-refractivity contribution is -0.137. The molecule has 1 aromatic carbocycles. The number of benzene rings is 1. The van der Waals surface area contributed by atoms with Crippen LogP contribution in [0.1, 0.15) is 72.7 Å². The quantitative estimate of drug-likeness (QED) is 0.411. The van der Waals surface area contributed by atoms with Gasteiger partial charge in [-0.15, -0.1) is 0 Å². The van der Waals surface area contributed by atoms with E-state index in [2.05, 4.69) is 0 Å². The highest BCUT2D eigenvalue weighted by atomic mass is 32.2. The second-order valence-corrected chi connectivity index (χ2v) is 9.42. The lowest BCUT2D eigenvalue weighted by Crippen LogP contribution is -2.33. The molecule has 2 N–H and O–H groups in total. The summed E-state index contributed by atoms with van der Waals surface area (Å²) in [7, 11) is -4.47. The zero-order chi connectivity index (χ0) is 22.1. The highest BCUT2D eigenvalue weighted by Crippen LogP contribution is 2.54. The number of rotatable bonds is 5. The third kappa shape index (κ3) is 2.90. The Morgan fingerprint density at radius 1 is 1.13 bits per heavy atom. The van der Waals surface area contributed by atoms with Crippen molar-refractivity contribution < 1.29 is 41.6 Å². The standard InChI is InChI=1S/C20H20O9S/c1-7(2)10-5-9(30(24,25)26)6-11(8(3)4)15(10)28-19(22)12-13-17-18(29-20(13)23)14(21)16(12)27-17/h5-8,12,16,23H,1-4H3,(H,24,25,26)/t12-,16?/m0/s1. The Labute approximate surface area is 172 Å². The Kier molecular flexibility index (Phi) is 4.48. The predicted molar refractivity (Wildman–Crippen MR) is 102 cm³/mol. The maximum atomic E-state index is 13.1. The zero-order valence-corrected chi connectivity index (χ0v) is 17.4. The largest absolute Gasteiger partial charge is 0.480 e. The van der Waals surface area contributed by atoms with Crippen molar-refractivity contribution in [3.05, 3.63) is 34.6 Å². The van der Waals surface area contributed by atoms with Crippen LogP contribution in [-0.4, -0.2) is 35.9 Å². The molecule has 10 heteroatoms. The van der Waals surface area contributed by atoms with Gasteiger partial charge in [0, 0.05) is 0 Å². The number of furan rings is 1. The molecule has 0 spiro atoms. The minimum absolute atomic E-state index is 0.0549. The molecule has 9 nitrogen and oxygen atoms in total. The van der Waals surface area contributed by atoms with Gasteiger partial charge in [-0.05, 0) is 35.1 Å². The molecular weight excluding hydrogens is 416 g/mol. The Bertz CT molecular complexity index is 1160. The first-order valence-corrected chi connectivity index (χ1v) is 10.8. The highest BCUT2D eigenvalue weighted by molar-refractivity contribution is 7.85. The predicted octanol–water partition coefficient (Wildman–Crippen LogP) is 3.13. The Balaban J connectivity index is 1.79. The van der Waals surface area contributed by atoms with Crippen LogP contribution in [0.4, 0.5) is 0 Å². The first-order chi connectivity index (χ1) is 13.9. The summed E-state index contributed by atoms with van der Waals surface area (Å²) in [5, 5.41) is 9.99. The van der Waals surface area contributed by atoms with Gasteiger partial charge >= 0.3 is 5.97 Å². The van der Waals surface area contributed by atoms with Crippen molar-refractivity contribution in [1.29, 1.82) is 0 Å². The van der Waals surface area contributed by atoms with Crippen molar-refractivity contribution in [3.8, 4) is 17.4 Å². The molecule has 2 aliphatic heterocycles. The Hall–Kier alpha value is -2.85. The Morgan fingerprint density at radius 3 is 2.20 bits per heavy atom. The van der Waals surface area contributed by atoms with E-state index in [1.54, 1.807) is 27.7 Å². The topological polar surface area (TPSA) is 140 Å². The molecule has 2 bridgehead atoms. The number of Topliss-reactive ketones (excluding diaryl/α,β-unsaturated/α-hetero) is 1. The van der Waals surface area contributed by atoms with E-state index in [9.17, 15) is 27.7 Å². The van der Waals surface area contributed by atoms with Crippen LogP contribution in [0.2, 0.25) is 0 Å². The van der Waals surface area contributed by atoms with Crippen molar-refractivity contribution in [2.24, 2.45) is 0 Å². The minimum atomic E-state index is -4.47. The van der Waals surface area contributed by atoms with Gasteiger partial charge in [0.25, 0.3) is 16.1 Å². The van der Waals surface area contributed by atoms with Gasteiger partial charge in [-0.1, -0.05) is 27.7 Å². The average molecular weight is 436 g/mol. The summed E-state index contributed by atoms with van der Waals surface area (Å²) in [6, 6.07) is 2.51. The molecule has 4 rings (SSSR count). The molecule has 2 aromatic rings. The zero-order valence-electron chi connectivity index (χ0n) is 16.6. The molecule has 0 saturated carbocycles. The summed E-state index contributed by atoms with van der Waals surface area (Å²) < 4.78 is 49.0. The lowest BCUT2D eigenvalue weighted by Gasteiger charge is -2.22. The van der Waals surface area contributed by atoms with Crippen LogP contribution in [-0.2, 0) is 14.9 Å². The number of esters is 1. The van der Waals surface area contributed by atoms with Crippen LogP contribution >= 0.6 is 0 Å². The third-order valence-corrected chi connectivity index (χ3v) is 6.17. The van der Waals surface area contributed by atoms with E-state index in [4.69, 9.17) is 13.9 Å². The van der Waals surface area contributed by atoms with Gasteiger partial charge in [-0.3, -0.25) is 14.1 Å². The summed E-state index contributed by atoms with van der Waals surface area (Å²) in [4.78, 5) is 25.1. The molecule has 1 aromatic heterocycles. The smallest absolute Gasteiger partial charge is 0.323 e. The second kappa shape index (κ2) is 6.58. The molecule has 0 amide bonds. The average Bonchev–Trinajstić information content (AvgIpc) is 3.24. The summed E-state index contributed by atoms with van der Waals surface area (Å²) >= 11 is 0. The first kappa shape index (κ1) is 20.4. The van der Waals surface area contributed by atoms with E-state index in [-0.39, 0.29) is 39.6 Å². The molecule has 2 aliphatic rings. The number of ketones is 1. The van der Waals surface area contributed by atoms with Gasteiger partial charge in [0.15, 0.2) is 11.9 Å². The van der Waals surface area contributed by atoms with E-state index >= 15 is 0 Å². The van der Waals surface area contributed by atoms with E-state index < -0.39 is 39.8 Å². The Morgan fingerprint density at radius 2 is 1.70 bits per heavy atom. The van der Waals surface area contributed by atoms with Crippen LogP contribution in [0.3, 0.4) is 0 Å². The summed E-state index contributed by atoms with van der Waals surface area (Å²) in [6.07, 6.45) is -1.16. The molecule has 0 fully saturated rings. The second-order valence-electron chi connectivity index (χ2n) is 8.00. The molecule has 0 aliphatic carbocycles. The van der Waals surface area contributed by atoms with Gasteiger partial charge in [0.2, 0.25) is 11.5 Å². The molecule has 30 heavy (non-hydrogen) atoms. The van der Waals surface area contributed by atoms with Crippen molar-refractivity contribution in [2.45, 2.75) is 56.4 Å². The van der Waals surface area contributed by atoms with Crippen LogP contribution < -0.4 is 9.47 Å². The van der Waals surface area contributed by atoms with Crippen LogP contribution in [0.25, 0.3) is 0 Å². The molecule has 2 atom stereocenters. The highest BCUT2D eigenvalue weighted by Gasteiger charge is 2.58. The van der Waals surface area contributed by atoms with Crippen LogP contribution in [0.5, 0.6) is 17.4 Å². The van der Waals surface area contributed by atoms with Gasteiger partial charge in [0.05, 0.1) is 10.5 Å². The van der Waals surface area contributed by atoms with Crippen molar-refractivity contribution >= 4 is 21.9 Å². The maximum absolute atomic E-state index is 13.1. The fourth-order valence-electron chi connectivity index (χ4n) is 3.83. The molecule has 160 valence electrons. The van der Waals surface area contributed by atoms with Crippen LogP contribution in [0, 0.1) is 0 Å². The fraction of sp³-hybridized carbons (Fsp3) is 0.400. The number of hydrogen-bond acceptors (Lipinski definition) is 8. The summed E-state index contributed by atoms with van der Waals surface area (Å²) in [5.74, 6) is -3.54. The number of carbonyl (C=O) groups excluding carboxylic acids is 2. The third-order valence-electron chi connectivity index (χ3n) is 5.34. The number of hydrogen-bond donors (Lipinski definition) is 2. The van der Waals surface area contributed by atoms with E-state index in [1.165, 1.54) is 12.1 Å². The first-order valence-electron chi connectivity index (χ1n) is 9.35. The molecule has 3 heterocycles. The monoisotopic (exact) mass is 436 g/mol. The SMILES string of the molecule is CC(C)c1cc(S(=O)(=O)O)cc(C(C)C)c1OC(=O)[C@H]1c2c(O)oc3c2OC1C3=O. The fourth-order valence-corrected chi connectivity index (χ4v) is 4.38. The van der Waals surface area contributed by atoms with Gasteiger partial charge in [-0.2, -0.15) is 8.42 Å². The number of ether oxygens (including phenoxy) is 2. The van der Waals surface area contributed by atoms with E-state index in [0.29, 0.717) is 11.1 Å². The van der Waals surface area contributed by atoms with Crippen molar-refractivity contribution in [2.75, 3.05) is 0 Å². The molecule has 1 unspecified atom stereocenters. The normalized spacial score (nSPS) is 19.6.